The summed E-state index contributed by atoms with van der Waals surface area (Å²) in [5.41, 5.74) is 0. The Morgan fingerprint density at radius 3 is 1.47 bits per heavy atom. The standard InChI is InChI=1S/C57H97NO8/c1-6-9-12-14-16-18-20-22-24-26-28-30-32-34-37-41-54(59)63-48-51(49-64-55(60)42-38-35-33-31-29-27-25-23-21-19-17-15-13-10-7-2)65-57(62)47-50-44-45-53(52(50)40-36-11-8-3)66-56(61)43-39-46-58(4)5/h11,16-19,22-25,36,50-53H,6-10,12-15,20-21,26-35,37-49H2,1-5H3/b18-16-,19-17-,24-22-,25-23-,36-11-. The van der Waals surface area contributed by atoms with Gasteiger partial charge in [0.15, 0.2) is 6.10 Å². The molecule has 66 heavy (non-hydrogen) atoms. The molecule has 9 heteroatoms. The molecule has 1 saturated carbocycles. The maximum atomic E-state index is 13.5. The molecule has 1 aliphatic carbocycles. The number of nitrogens with zero attached hydrogens (tertiary/aromatic N) is 1. The van der Waals surface area contributed by atoms with Crippen molar-refractivity contribution in [2.75, 3.05) is 33.9 Å². The van der Waals surface area contributed by atoms with E-state index in [1.54, 1.807) is 0 Å². The molecule has 0 aromatic heterocycles. The molecule has 0 radical (unpaired) electrons. The van der Waals surface area contributed by atoms with Crippen molar-refractivity contribution in [3.8, 4) is 0 Å². The predicted molar refractivity (Wildman–Crippen MR) is 273 cm³/mol. The van der Waals surface area contributed by atoms with Crippen LogP contribution < -0.4 is 0 Å². The van der Waals surface area contributed by atoms with Crippen molar-refractivity contribution in [3.05, 3.63) is 60.8 Å². The van der Waals surface area contributed by atoms with Crippen LogP contribution in [0.1, 0.15) is 220 Å². The highest BCUT2D eigenvalue weighted by atomic mass is 16.6. The fraction of sp³-hybridized carbons (Fsp3) is 0.754. The SMILES string of the molecule is CC/C=C\CC1C(CC(=O)OC(COC(=O)CCCCCCC/C=C\C/C=C\CCCCC)COC(=O)CCCCCCC/C=C\C/C=C\CCCCC)CCC1OC(=O)CCCN(C)C. The summed E-state index contributed by atoms with van der Waals surface area (Å²) in [7, 11) is 3.97. The number of hydrogen-bond acceptors (Lipinski definition) is 9. The number of allylic oxidation sites excluding steroid dienone is 10. The van der Waals surface area contributed by atoms with Gasteiger partial charge in [0, 0.05) is 31.6 Å². The first kappa shape index (κ1) is 60.6. The molecule has 1 aliphatic rings. The molecular formula is C57H97NO8. The van der Waals surface area contributed by atoms with Gasteiger partial charge in [0.1, 0.15) is 19.3 Å². The minimum atomic E-state index is -0.898. The average Bonchev–Trinajstić information content (AvgIpc) is 3.66. The highest BCUT2D eigenvalue weighted by Crippen LogP contribution is 2.39. The topological polar surface area (TPSA) is 108 Å². The quantitative estimate of drug-likeness (QED) is 0.0256. The van der Waals surface area contributed by atoms with E-state index in [1.807, 2.05) is 14.1 Å². The Morgan fingerprint density at radius 2 is 0.985 bits per heavy atom. The number of carbonyl (C=O) groups excluding carboxylic acids is 4. The highest BCUT2D eigenvalue weighted by molar-refractivity contribution is 5.71. The first-order valence-electron chi connectivity index (χ1n) is 26.8. The summed E-state index contributed by atoms with van der Waals surface area (Å²) in [5.74, 6) is -1.33. The van der Waals surface area contributed by atoms with Crippen LogP contribution in [0, 0.1) is 11.8 Å². The predicted octanol–water partition coefficient (Wildman–Crippen LogP) is 14.6. The number of esters is 4. The van der Waals surface area contributed by atoms with Crippen LogP contribution >= 0.6 is 0 Å². The van der Waals surface area contributed by atoms with Crippen LogP contribution in [0.5, 0.6) is 0 Å². The van der Waals surface area contributed by atoms with E-state index in [0.29, 0.717) is 32.1 Å². The van der Waals surface area contributed by atoms with Gasteiger partial charge in [0.25, 0.3) is 0 Å². The molecule has 9 nitrogen and oxygen atoms in total. The van der Waals surface area contributed by atoms with Crippen LogP contribution in [0.2, 0.25) is 0 Å². The zero-order valence-electron chi connectivity index (χ0n) is 42.8. The Kier molecular flexibility index (Phi) is 40.4. The fourth-order valence-corrected chi connectivity index (χ4v) is 8.28. The van der Waals surface area contributed by atoms with Crippen LogP contribution in [0.4, 0.5) is 0 Å². The molecule has 0 aromatic carbocycles. The summed E-state index contributed by atoms with van der Waals surface area (Å²) < 4.78 is 23.1. The van der Waals surface area contributed by atoms with E-state index >= 15 is 0 Å². The van der Waals surface area contributed by atoms with Crippen molar-refractivity contribution in [3.63, 3.8) is 0 Å². The molecule has 0 aromatic rings. The van der Waals surface area contributed by atoms with Gasteiger partial charge in [-0.05, 0) is 136 Å². The Balaban J connectivity index is 2.62. The second kappa shape index (κ2) is 44.1. The number of hydrogen-bond donors (Lipinski definition) is 0. The molecule has 3 atom stereocenters. The minimum absolute atomic E-state index is 0.000144. The molecule has 0 amide bonds. The molecule has 0 saturated heterocycles. The van der Waals surface area contributed by atoms with Crippen molar-refractivity contribution in [1.82, 2.24) is 4.90 Å². The van der Waals surface area contributed by atoms with Crippen LogP contribution in [-0.4, -0.2) is 74.8 Å². The van der Waals surface area contributed by atoms with Gasteiger partial charge in [-0.25, -0.2) is 0 Å². The molecule has 1 fully saturated rings. The van der Waals surface area contributed by atoms with E-state index in [9.17, 15) is 19.2 Å². The Morgan fingerprint density at radius 1 is 0.515 bits per heavy atom. The maximum absolute atomic E-state index is 13.5. The lowest BCUT2D eigenvalue weighted by molar-refractivity contribution is -0.168. The second-order valence-corrected chi connectivity index (χ2v) is 18.7. The largest absolute Gasteiger partial charge is 0.462 e. The lowest BCUT2D eigenvalue weighted by atomic mass is 9.88. The smallest absolute Gasteiger partial charge is 0.306 e. The zero-order valence-corrected chi connectivity index (χ0v) is 42.8. The molecule has 0 aliphatic heterocycles. The van der Waals surface area contributed by atoms with Crippen LogP contribution in [0.25, 0.3) is 0 Å². The van der Waals surface area contributed by atoms with E-state index in [0.717, 1.165) is 116 Å². The normalized spacial score (nSPS) is 16.6. The third-order valence-electron chi connectivity index (χ3n) is 12.2. The van der Waals surface area contributed by atoms with Crippen LogP contribution in [0.15, 0.2) is 60.8 Å². The summed E-state index contributed by atoms with van der Waals surface area (Å²) >= 11 is 0. The van der Waals surface area contributed by atoms with Crippen molar-refractivity contribution in [2.24, 2.45) is 11.8 Å². The van der Waals surface area contributed by atoms with Gasteiger partial charge < -0.3 is 23.8 Å². The third kappa shape index (κ3) is 36.6. The van der Waals surface area contributed by atoms with E-state index < -0.39 is 12.1 Å². The molecule has 0 spiro atoms. The van der Waals surface area contributed by atoms with E-state index in [1.165, 1.54) is 51.4 Å². The third-order valence-corrected chi connectivity index (χ3v) is 12.2. The van der Waals surface area contributed by atoms with Gasteiger partial charge in [-0.15, -0.1) is 0 Å². The van der Waals surface area contributed by atoms with Crippen molar-refractivity contribution in [2.45, 2.75) is 232 Å². The Labute approximate surface area is 404 Å². The van der Waals surface area contributed by atoms with Crippen molar-refractivity contribution < 1.29 is 38.1 Å². The first-order chi connectivity index (χ1) is 32.2. The maximum Gasteiger partial charge on any atom is 0.306 e. The number of carbonyl (C=O) groups is 4. The molecule has 3 unspecified atom stereocenters. The number of ether oxygens (including phenoxy) is 4. The summed E-state index contributed by atoms with van der Waals surface area (Å²) in [4.78, 5) is 53.9. The minimum Gasteiger partial charge on any atom is -0.462 e. The molecular weight excluding hydrogens is 827 g/mol. The number of rotatable bonds is 43. The highest BCUT2D eigenvalue weighted by Gasteiger charge is 2.39. The lowest BCUT2D eigenvalue weighted by Crippen LogP contribution is -2.32. The van der Waals surface area contributed by atoms with Gasteiger partial charge in [0.2, 0.25) is 0 Å². The van der Waals surface area contributed by atoms with Crippen LogP contribution in [0.3, 0.4) is 0 Å². The fourth-order valence-electron chi connectivity index (χ4n) is 8.28. The molecule has 0 bridgehead atoms. The summed E-state index contributed by atoms with van der Waals surface area (Å²) in [6.45, 7) is 7.03. The van der Waals surface area contributed by atoms with Gasteiger partial charge in [-0.2, -0.15) is 0 Å². The van der Waals surface area contributed by atoms with Crippen molar-refractivity contribution in [1.29, 1.82) is 0 Å². The zero-order chi connectivity index (χ0) is 48.1. The first-order valence-corrected chi connectivity index (χ1v) is 26.8. The molecule has 1 rings (SSSR count). The lowest BCUT2D eigenvalue weighted by Gasteiger charge is -2.25. The summed E-state index contributed by atoms with van der Waals surface area (Å²) in [6.07, 6.45) is 50.3. The van der Waals surface area contributed by atoms with Gasteiger partial charge >= 0.3 is 23.9 Å². The average molecular weight is 924 g/mol. The van der Waals surface area contributed by atoms with Gasteiger partial charge in [-0.1, -0.05) is 146 Å². The van der Waals surface area contributed by atoms with E-state index in [-0.39, 0.29) is 55.5 Å². The van der Waals surface area contributed by atoms with Crippen LogP contribution in [-0.2, 0) is 38.1 Å². The summed E-state index contributed by atoms with van der Waals surface area (Å²) in [5, 5.41) is 0. The van der Waals surface area contributed by atoms with E-state index in [2.05, 4.69) is 86.4 Å². The van der Waals surface area contributed by atoms with Crippen molar-refractivity contribution >= 4 is 23.9 Å². The van der Waals surface area contributed by atoms with Gasteiger partial charge in [-0.3, -0.25) is 19.2 Å². The van der Waals surface area contributed by atoms with E-state index in [4.69, 9.17) is 18.9 Å². The van der Waals surface area contributed by atoms with Gasteiger partial charge in [0.05, 0.1) is 0 Å². The number of unbranched alkanes of at least 4 members (excludes halogenated alkanes) is 16. The second-order valence-electron chi connectivity index (χ2n) is 18.7. The molecule has 0 N–H and O–H groups in total. The monoisotopic (exact) mass is 924 g/mol. The Bertz CT molecular complexity index is 1300. The Hall–Kier alpha value is -3.46. The summed E-state index contributed by atoms with van der Waals surface area (Å²) in [6, 6.07) is 0. The molecule has 0 heterocycles. The molecule has 378 valence electrons.